The predicted molar refractivity (Wildman–Crippen MR) is 67.2 cm³/mol. The predicted octanol–water partition coefficient (Wildman–Crippen LogP) is 4.79. The molecule has 0 aromatic carbocycles. The van der Waals surface area contributed by atoms with E-state index in [-0.39, 0.29) is 5.92 Å². The summed E-state index contributed by atoms with van der Waals surface area (Å²) in [5.41, 5.74) is 0. The van der Waals surface area contributed by atoms with E-state index in [0.29, 0.717) is 19.3 Å². The van der Waals surface area contributed by atoms with Crippen molar-refractivity contribution in [3.63, 3.8) is 0 Å². The maximum Gasteiger partial charge on any atom is 0.460 e. The van der Waals surface area contributed by atoms with E-state index in [9.17, 15) is 44.3 Å². The van der Waals surface area contributed by atoms with Gasteiger partial charge in [-0.3, -0.25) is 4.79 Å². The van der Waals surface area contributed by atoms with Gasteiger partial charge in [-0.25, -0.2) is 0 Å². The largest absolute Gasteiger partial charge is 0.460 e. The highest BCUT2D eigenvalue weighted by atomic mass is 19.4. The minimum Gasteiger partial charge on any atom is -0.350 e. The summed E-state index contributed by atoms with van der Waals surface area (Å²) in [5, 5.41) is 1.34. The molecular weight excluding hydrogens is 357 g/mol. The molecule has 0 aromatic heterocycles. The zero-order valence-corrected chi connectivity index (χ0v) is 12.9. The summed E-state index contributed by atoms with van der Waals surface area (Å²) in [6.45, 7) is 2.91. The molecule has 0 aromatic rings. The topological polar surface area (TPSA) is 29.1 Å². The molecule has 144 valence electrons. The van der Waals surface area contributed by atoms with Crippen LogP contribution in [0.5, 0.6) is 0 Å². The summed E-state index contributed by atoms with van der Waals surface area (Å²) in [7, 11) is 0. The van der Waals surface area contributed by atoms with Crippen molar-refractivity contribution in [2.24, 2.45) is 5.92 Å². The molecule has 0 aliphatic rings. The van der Waals surface area contributed by atoms with Crippen LogP contribution in [-0.4, -0.2) is 36.4 Å². The van der Waals surface area contributed by atoms with Gasteiger partial charge >= 0.3 is 23.9 Å². The van der Waals surface area contributed by atoms with E-state index < -0.39 is 36.4 Å². The second kappa shape index (κ2) is 7.81. The Morgan fingerprint density at radius 1 is 0.917 bits per heavy atom. The van der Waals surface area contributed by atoms with Gasteiger partial charge in [-0.05, 0) is 12.3 Å². The zero-order chi connectivity index (χ0) is 19.4. The quantitative estimate of drug-likeness (QED) is 0.577. The van der Waals surface area contributed by atoms with Crippen molar-refractivity contribution in [1.82, 2.24) is 5.32 Å². The lowest BCUT2D eigenvalue weighted by molar-refractivity contribution is -0.388. The van der Waals surface area contributed by atoms with E-state index in [0.717, 1.165) is 6.42 Å². The first kappa shape index (κ1) is 22.8. The number of nitrogens with one attached hydrogen (secondary N) is 1. The summed E-state index contributed by atoms with van der Waals surface area (Å²) in [4.78, 5) is 11.1. The summed E-state index contributed by atoms with van der Waals surface area (Å²) < 4.78 is 114. The Balaban J connectivity index is 5.18. The van der Waals surface area contributed by atoms with E-state index in [1.165, 1.54) is 5.32 Å². The average Bonchev–Trinajstić information content (AvgIpc) is 2.45. The van der Waals surface area contributed by atoms with Crippen LogP contribution < -0.4 is 5.32 Å². The van der Waals surface area contributed by atoms with Crippen LogP contribution in [0.2, 0.25) is 0 Å². The average molecular weight is 375 g/mol. The lowest BCUT2D eigenvalue weighted by Crippen LogP contribution is -2.65. The van der Waals surface area contributed by atoms with Crippen molar-refractivity contribution in [3.05, 3.63) is 0 Å². The maximum atomic E-state index is 13.3. The third-order valence-corrected chi connectivity index (χ3v) is 3.52. The molecule has 0 saturated heterocycles. The molecule has 2 nitrogen and oxygen atoms in total. The first-order valence-electron chi connectivity index (χ1n) is 7.15. The SMILES string of the molecule is CCCCC(CC)CNC(=O)C(F)(F)C(F)(F)C(F)(F)C(F)(F)F. The smallest absolute Gasteiger partial charge is 0.350 e. The third kappa shape index (κ3) is 4.47. The van der Waals surface area contributed by atoms with Gasteiger partial charge in [0.05, 0.1) is 0 Å². The van der Waals surface area contributed by atoms with Crippen LogP contribution in [0.3, 0.4) is 0 Å². The Kier molecular flexibility index (Phi) is 7.44. The first-order chi connectivity index (χ1) is 10.7. The molecule has 1 amide bonds. The Morgan fingerprint density at radius 2 is 1.42 bits per heavy atom. The van der Waals surface area contributed by atoms with Gasteiger partial charge in [0.25, 0.3) is 5.91 Å². The Bertz CT molecular complexity index is 420. The normalized spacial score (nSPS) is 15.3. The van der Waals surface area contributed by atoms with Crippen LogP contribution in [0.15, 0.2) is 0 Å². The summed E-state index contributed by atoms with van der Waals surface area (Å²) in [6, 6.07) is 0. The van der Waals surface area contributed by atoms with Crippen molar-refractivity contribution in [3.8, 4) is 0 Å². The number of unbranched alkanes of at least 4 members (excludes halogenated alkanes) is 1. The van der Waals surface area contributed by atoms with E-state index in [4.69, 9.17) is 0 Å². The number of amides is 1. The molecule has 0 fully saturated rings. The summed E-state index contributed by atoms with van der Waals surface area (Å²) in [5.74, 6) is -23.5. The number of carbonyl (C=O) groups is 1. The molecule has 1 unspecified atom stereocenters. The molecule has 11 heteroatoms. The van der Waals surface area contributed by atoms with Gasteiger partial charge in [0.1, 0.15) is 0 Å². The fraction of sp³-hybridized carbons (Fsp3) is 0.923. The Morgan fingerprint density at radius 3 is 1.79 bits per heavy atom. The molecule has 0 bridgehead atoms. The monoisotopic (exact) mass is 375 g/mol. The second-order valence-corrected chi connectivity index (χ2v) is 5.35. The van der Waals surface area contributed by atoms with Crippen LogP contribution in [-0.2, 0) is 4.79 Å². The minimum absolute atomic E-state index is 0.376. The van der Waals surface area contributed by atoms with Crippen LogP contribution in [0.4, 0.5) is 39.5 Å². The fourth-order valence-electron chi connectivity index (χ4n) is 1.81. The number of rotatable bonds is 9. The first-order valence-corrected chi connectivity index (χ1v) is 7.15. The molecule has 1 N–H and O–H groups in total. The van der Waals surface area contributed by atoms with Crippen LogP contribution in [0.25, 0.3) is 0 Å². The summed E-state index contributed by atoms with van der Waals surface area (Å²) >= 11 is 0. The molecule has 0 spiro atoms. The van der Waals surface area contributed by atoms with Gasteiger partial charge in [-0.15, -0.1) is 0 Å². The van der Waals surface area contributed by atoms with Gasteiger partial charge in [-0.1, -0.05) is 33.1 Å². The van der Waals surface area contributed by atoms with E-state index in [1.54, 1.807) is 6.92 Å². The number of hydrogen-bond donors (Lipinski definition) is 1. The number of halogens is 9. The molecule has 0 saturated carbocycles. The van der Waals surface area contributed by atoms with E-state index in [2.05, 4.69) is 0 Å². The van der Waals surface area contributed by atoms with Crippen molar-refractivity contribution in [2.75, 3.05) is 6.54 Å². The Hall–Kier alpha value is -1.16. The van der Waals surface area contributed by atoms with Crippen molar-refractivity contribution in [1.29, 1.82) is 0 Å². The fourth-order valence-corrected chi connectivity index (χ4v) is 1.81. The molecular formula is C13H18F9NO. The molecule has 0 aliphatic carbocycles. The molecule has 0 rings (SSSR count). The third-order valence-electron chi connectivity index (χ3n) is 3.52. The van der Waals surface area contributed by atoms with Crippen molar-refractivity contribution < 1.29 is 44.3 Å². The minimum atomic E-state index is -7.06. The highest BCUT2D eigenvalue weighted by molar-refractivity contribution is 5.84. The van der Waals surface area contributed by atoms with Crippen LogP contribution in [0.1, 0.15) is 39.5 Å². The van der Waals surface area contributed by atoms with Gasteiger partial charge in [0.15, 0.2) is 0 Å². The van der Waals surface area contributed by atoms with Gasteiger partial charge in [-0.2, -0.15) is 39.5 Å². The molecule has 24 heavy (non-hydrogen) atoms. The van der Waals surface area contributed by atoms with Crippen LogP contribution in [0, 0.1) is 5.92 Å². The lowest BCUT2D eigenvalue weighted by Gasteiger charge is -2.33. The highest BCUT2D eigenvalue weighted by Gasteiger charge is 2.83. The standard InChI is InChI=1S/C13H18F9NO/c1-3-5-6-8(4-2)7-23-9(24)10(14,15)11(16,17)12(18,19)13(20,21)22/h8H,3-7H2,1-2H3,(H,23,24). The van der Waals surface area contributed by atoms with Crippen molar-refractivity contribution in [2.45, 2.75) is 63.5 Å². The van der Waals surface area contributed by atoms with E-state index >= 15 is 0 Å². The number of hydrogen-bond acceptors (Lipinski definition) is 1. The molecule has 0 radical (unpaired) electrons. The maximum absolute atomic E-state index is 13.3. The van der Waals surface area contributed by atoms with E-state index in [1.807, 2.05) is 6.92 Å². The van der Waals surface area contributed by atoms with Gasteiger partial charge < -0.3 is 5.32 Å². The Labute approximate surface area is 132 Å². The molecule has 0 heterocycles. The highest BCUT2D eigenvalue weighted by Crippen LogP contribution is 2.53. The van der Waals surface area contributed by atoms with Gasteiger partial charge in [0, 0.05) is 6.54 Å². The lowest BCUT2D eigenvalue weighted by atomic mass is 9.98. The number of alkyl halides is 9. The van der Waals surface area contributed by atoms with Crippen LogP contribution >= 0.6 is 0 Å². The molecule has 0 aliphatic heterocycles. The number of carbonyl (C=O) groups excluding carboxylic acids is 1. The summed E-state index contributed by atoms with van der Waals surface area (Å²) in [6.07, 6.45) is -4.73. The van der Waals surface area contributed by atoms with Crippen molar-refractivity contribution >= 4 is 5.91 Å². The second-order valence-electron chi connectivity index (χ2n) is 5.35. The van der Waals surface area contributed by atoms with Gasteiger partial charge in [0.2, 0.25) is 0 Å². The molecule has 1 atom stereocenters. The zero-order valence-electron chi connectivity index (χ0n) is 12.9.